The molecule has 3 aromatic carbocycles. The van der Waals surface area contributed by atoms with Crippen LogP contribution in [0.2, 0.25) is 0 Å². The van der Waals surface area contributed by atoms with Crippen LogP contribution in [0.3, 0.4) is 0 Å². The second-order valence-corrected chi connectivity index (χ2v) is 7.18. The lowest BCUT2D eigenvalue weighted by Crippen LogP contribution is -2.31. The molecule has 2 heteroatoms. The zero-order valence-corrected chi connectivity index (χ0v) is 15.7. The lowest BCUT2D eigenvalue weighted by Gasteiger charge is -2.33. The van der Waals surface area contributed by atoms with E-state index in [1.165, 1.54) is 27.8 Å². The summed E-state index contributed by atoms with van der Waals surface area (Å²) < 4.78 is 6.71. The monoisotopic (exact) mass is 392 g/mol. The molecule has 0 aliphatic heterocycles. The Morgan fingerprint density at radius 1 is 0.680 bits per heavy atom. The van der Waals surface area contributed by atoms with E-state index in [9.17, 15) is 0 Å². The fraction of sp³-hybridized carbons (Fsp3) is 0.217. The highest BCUT2D eigenvalue weighted by molar-refractivity contribution is 9.09. The van der Waals surface area contributed by atoms with Gasteiger partial charge in [-0.15, -0.1) is 0 Å². The third kappa shape index (κ3) is 2.74. The molecule has 126 valence electrons. The summed E-state index contributed by atoms with van der Waals surface area (Å²) in [6.07, 6.45) is 2.17. The minimum atomic E-state index is -0.513. The number of benzene rings is 3. The van der Waals surface area contributed by atoms with E-state index in [-0.39, 0.29) is 0 Å². The van der Waals surface area contributed by atoms with Crippen LogP contribution in [-0.2, 0) is 10.3 Å². The van der Waals surface area contributed by atoms with E-state index in [0.29, 0.717) is 0 Å². The SMILES string of the molecule is BrCCCCOC1(c2ccccc2)c2ccccc2-c2ccccc21. The summed E-state index contributed by atoms with van der Waals surface area (Å²) in [5, 5.41) is 1.02. The standard InChI is InChI=1S/C23H21BrO/c24-16-8-9-17-25-23(18-10-2-1-3-11-18)21-14-6-4-12-19(21)20-13-5-7-15-22(20)23/h1-7,10-15H,8-9,16-17H2. The van der Waals surface area contributed by atoms with E-state index in [0.717, 1.165) is 24.8 Å². The van der Waals surface area contributed by atoms with Gasteiger partial charge in [0.15, 0.2) is 0 Å². The quantitative estimate of drug-likeness (QED) is 0.361. The highest BCUT2D eigenvalue weighted by Crippen LogP contribution is 2.53. The number of rotatable bonds is 6. The number of hydrogen-bond acceptors (Lipinski definition) is 1. The minimum Gasteiger partial charge on any atom is -0.361 e. The zero-order valence-electron chi connectivity index (χ0n) is 14.1. The van der Waals surface area contributed by atoms with Crippen LogP contribution in [0.25, 0.3) is 11.1 Å². The van der Waals surface area contributed by atoms with Crippen molar-refractivity contribution in [1.29, 1.82) is 0 Å². The van der Waals surface area contributed by atoms with Crippen molar-refractivity contribution in [2.75, 3.05) is 11.9 Å². The molecule has 0 atom stereocenters. The molecule has 25 heavy (non-hydrogen) atoms. The lowest BCUT2D eigenvalue weighted by molar-refractivity contribution is 0.0147. The smallest absolute Gasteiger partial charge is 0.144 e. The average Bonchev–Trinajstić information content (AvgIpc) is 2.97. The maximum Gasteiger partial charge on any atom is 0.144 e. The van der Waals surface area contributed by atoms with Crippen molar-refractivity contribution in [2.24, 2.45) is 0 Å². The third-order valence-electron chi connectivity index (χ3n) is 4.93. The third-order valence-corrected chi connectivity index (χ3v) is 5.49. The van der Waals surface area contributed by atoms with Gasteiger partial charge < -0.3 is 4.74 Å². The molecule has 4 rings (SSSR count). The number of halogens is 1. The van der Waals surface area contributed by atoms with E-state index in [2.05, 4.69) is 94.8 Å². The van der Waals surface area contributed by atoms with Crippen molar-refractivity contribution < 1.29 is 4.74 Å². The molecule has 0 heterocycles. The second kappa shape index (κ2) is 7.15. The lowest BCUT2D eigenvalue weighted by atomic mass is 9.84. The Balaban J connectivity index is 1.91. The molecule has 0 fully saturated rings. The van der Waals surface area contributed by atoms with Crippen LogP contribution in [0.4, 0.5) is 0 Å². The van der Waals surface area contributed by atoms with E-state index in [1.54, 1.807) is 0 Å². The van der Waals surface area contributed by atoms with Crippen LogP contribution in [0.1, 0.15) is 29.5 Å². The molecule has 0 bridgehead atoms. The first-order valence-electron chi connectivity index (χ1n) is 8.83. The molecule has 1 nitrogen and oxygen atoms in total. The molecule has 1 aliphatic rings. The molecule has 3 aromatic rings. The van der Waals surface area contributed by atoms with Crippen molar-refractivity contribution in [1.82, 2.24) is 0 Å². The van der Waals surface area contributed by atoms with Gasteiger partial charge in [-0.25, -0.2) is 0 Å². The molecule has 1 aliphatic carbocycles. The maximum atomic E-state index is 6.71. The van der Waals surface area contributed by atoms with Crippen molar-refractivity contribution >= 4 is 15.9 Å². The molecule has 0 saturated carbocycles. The average molecular weight is 393 g/mol. The van der Waals surface area contributed by atoms with E-state index in [4.69, 9.17) is 4.74 Å². The van der Waals surface area contributed by atoms with Crippen molar-refractivity contribution in [3.05, 3.63) is 95.6 Å². The van der Waals surface area contributed by atoms with Gasteiger partial charge in [-0.05, 0) is 29.5 Å². The van der Waals surface area contributed by atoms with Gasteiger partial charge in [-0.1, -0.05) is 94.8 Å². The predicted octanol–water partition coefficient (Wildman–Crippen LogP) is 6.15. The highest BCUT2D eigenvalue weighted by atomic mass is 79.9. The first-order chi connectivity index (χ1) is 12.4. The summed E-state index contributed by atoms with van der Waals surface area (Å²) in [6.45, 7) is 0.739. The summed E-state index contributed by atoms with van der Waals surface area (Å²) in [6, 6.07) is 27.9. The van der Waals surface area contributed by atoms with Crippen LogP contribution in [-0.4, -0.2) is 11.9 Å². The van der Waals surface area contributed by atoms with Crippen LogP contribution in [0, 0.1) is 0 Å². The predicted molar refractivity (Wildman–Crippen MR) is 107 cm³/mol. The first-order valence-corrected chi connectivity index (χ1v) is 9.95. The van der Waals surface area contributed by atoms with E-state index in [1.807, 2.05) is 0 Å². The first kappa shape index (κ1) is 16.6. The fourth-order valence-corrected chi connectivity index (χ4v) is 4.24. The van der Waals surface area contributed by atoms with Gasteiger partial charge in [0.25, 0.3) is 0 Å². The molecule has 0 amide bonds. The highest BCUT2D eigenvalue weighted by Gasteiger charge is 2.45. The van der Waals surface area contributed by atoms with Crippen molar-refractivity contribution in [3.8, 4) is 11.1 Å². The van der Waals surface area contributed by atoms with Crippen LogP contribution >= 0.6 is 15.9 Å². The van der Waals surface area contributed by atoms with Gasteiger partial charge in [-0.3, -0.25) is 0 Å². The number of ether oxygens (including phenoxy) is 1. The van der Waals surface area contributed by atoms with E-state index >= 15 is 0 Å². The molecule has 0 aromatic heterocycles. The molecular formula is C23H21BrO. The molecular weight excluding hydrogens is 372 g/mol. The minimum absolute atomic E-state index is 0.513. The number of hydrogen-bond donors (Lipinski definition) is 0. The van der Waals surface area contributed by atoms with Crippen LogP contribution < -0.4 is 0 Å². The van der Waals surface area contributed by atoms with E-state index < -0.39 is 5.60 Å². The van der Waals surface area contributed by atoms with Gasteiger partial charge in [0, 0.05) is 23.1 Å². The van der Waals surface area contributed by atoms with Gasteiger partial charge >= 0.3 is 0 Å². The summed E-state index contributed by atoms with van der Waals surface area (Å²) in [4.78, 5) is 0. The van der Waals surface area contributed by atoms with Crippen molar-refractivity contribution in [2.45, 2.75) is 18.4 Å². The Hall–Kier alpha value is -1.90. The summed E-state index contributed by atoms with van der Waals surface area (Å²) in [5.41, 5.74) is 5.75. The van der Waals surface area contributed by atoms with Gasteiger partial charge in [0.1, 0.15) is 5.60 Å². The Morgan fingerprint density at radius 3 is 1.84 bits per heavy atom. The molecule has 0 N–H and O–H groups in total. The summed E-state index contributed by atoms with van der Waals surface area (Å²) in [5.74, 6) is 0. The van der Waals surface area contributed by atoms with Gasteiger partial charge in [-0.2, -0.15) is 0 Å². The van der Waals surface area contributed by atoms with Gasteiger partial charge in [0.2, 0.25) is 0 Å². The molecule has 0 radical (unpaired) electrons. The van der Waals surface area contributed by atoms with Crippen LogP contribution in [0.5, 0.6) is 0 Å². The summed E-state index contributed by atoms with van der Waals surface area (Å²) in [7, 11) is 0. The molecule has 0 spiro atoms. The number of alkyl halides is 1. The Labute approximate surface area is 157 Å². The Bertz CT molecular complexity index is 811. The summed E-state index contributed by atoms with van der Waals surface area (Å²) >= 11 is 3.52. The van der Waals surface area contributed by atoms with Gasteiger partial charge in [0.05, 0.1) is 0 Å². The zero-order chi connectivity index (χ0) is 17.1. The van der Waals surface area contributed by atoms with Crippen LogP contribution in [0.15, 0.2) is 78.9 Å². The number of unbranched alkanes of at least 4 members (excludes halogenated alkanes) is 1. The Morgan fingerprint density at radius 2 is 1.24 bits per heavy atom. The molecule has 0 unspecified atom stereocenters. The van der Waals surface area contributed by atoms with Crippen molar-refractivity contribution in [3.63, 3.8) is 0 Å². The molecule has 0 saturated heterocycles. The Kier molecular flexibility index (Phi) is 4.74. The second-order valence-electron chi connectivity index (χ2n) is 6.38. The number of fused-ring (bicyclic) bond motifs is 3. The largest absolute Gasteiger partial charge is 0.361 e. The maximum absolute atomic E-state index is 6.71. The topological polar surface area (TPSA) is 9.23 Å². The normalized spacial score (nSPS) is 14.1. The fourth-order valence-electron chi connectivity index (χ4n) is 3.84.